The highest BCUT2D eigenvalue weighted by molar-refractivity contribution is 6.33. The largest absolute Gasteiger partial charge is 0.485 e. The van der Waals surface area contributed by atoms with Crippen molar-refractivity contribution in [1.82, 2.24) is 10.1 Å². The second-order valence-corrected chi connectivity index (χ2v) is 8.56. The summed E-state index contributed by atoms with van der Waals surface area (Å²) in [5, 5.41) is 9.69. The van der Waals surface area contributed by atoms with Gasteiger partial charge >= 0.3 is 0 Å². The van der Waals surface area contributed by atoms with Crippen molar-refractivity contribution in [2.75, 3.05) is 18.4 Å². The molecular formula is C19H22ClN3O2. The van der Waals surface area contributed by atoms with Crippen LogP contribution in [0.5, 0.6) is 5.75 Å². The Morgan fingerprint density at radius 1 is 1.20 bits per heavy atom. The van der Waals surface area contributed by atoms with Crippen LogP contribution in [0.3, 0.4) is 0 Å². The predicted molar refractivity (Wildman–Crippen MR) is 96.3 cm³/mol. The van der Waals surface area contributed by atoms with E-state index in [1.807, 2.05) is 12.1 Å². The number of hydrogen-bond acceptors (Lipinski definition) is 5. The van der Waals surface area contributed by atoms with Crippen LogP contribution in [0.15, 0.2) is 16.7 Å². The molecule has 1 N–H and O–H groups in total. The van der Waals surface area contributed by atoms with Gasteiger partial charge in [0.05, 0.1) is 16.5 Å². The fourth-order valence-electron chi connectivity index (χ4n) is 4.99. The molecule has 4 heterocycles. The third-order valence-electron chi connectivity index (χ3n) is 6.63. The van der Waals surface area contributed by atoms with Gasteiger partial charge in [-0.15, -0.1) is 0 Å². The van der Waals surface area contributed by atoms with E-state index >= 15 is 0 Å². The average molecular weight is 360 g/mol. The van der Waals surface area contributed by atoms with Crippen molar-refractivity contribution in [3.63, 3.8) is 0 Å². The van der Waals surface area contributed by atoms with E-state index in [-0.39, 0.29) is 6.10 Å². The molecule has 132 valence electrons. The van der Waals surface area contributed by atoms with Crippen LogP contribution in [-0.4, -0.2) is 40.8 Å². The first-order valence-electron chi connectivity index (χ1n) is 9.51. The Hall–Kier alpha value is -1.46. The molecule has 3 aliphatic heterocycles. The highest BCUT2D eigenvalue weighted by Gasteiger charge is 2.60. The van der Waals surface area contributed by atoms with Gasteiger partial charge in [-0.1, -0.05) is 16.8 Å². The zero-order valence-corrected chi connectivity index (χ0v) is 14.9. The molecule has 5 aliphatic rings. The summed E-state index contributed by atoms with van der Waals surface area (Å²) in [7, 11) is 0. The smallest absolute Gasteiger partial charge is 0.212 e. The van der Waals surface area contributed by atoms with Crippen LogP contribution in [0.4, 0.5) is 5.82 Å². The van der Waals surface area contributed by atoms with Crippen molar-refractivity contribution in [3.05, 3.63) is 17.2 Å². The zero-order chi connectivity index (χ0) is 16.6. The molecule has 7 rings (SSSR count). The van der Waals surface area contributed by atoms with E-state index in [9.17, 15) is 0 Å². The molecule has 2 bridgehead atoms. The second kappa shape index (κ2) is 5.04. The second-order valence-electron chi connectivity index (χ2n) is 8.15. The molecule has 6 heteroatoms. The molecule has 5 nitrogen and oxygen atoms in total. The fraction of sp³-hybridized carbons (Fsp3) is 0.632. The number of benzene rings is 1. The maximum absolute atomic E-state index is 6.34. The average Bonchev–Trinajstić information content (AvgIpc) is 3.55. The third kappa shape index (κ3) is 2.15. The van der Waals surface area contributed by atoms with Gasteiger partial charge in [-0.3, -0.25) is 4.90 Å². The molecule has 2 aliphatic carbocycles. The van der Waals surface area contributed by atoms with Crippen LogP contribution in [-0.2, 0) is 0 Å². The molecule has 2 aromatic rings. The summed E-state index contributed by atoms with van der Waals surface area (Å²) in [6.45, 7) is 2.52. The maximum Gasteiger partial charge on any atom is 0.212 e. The summed E-state index contributed by atoms with van der Waals surface area (Å²) in [5.74, 6) is 2.24. The van der Waals surface area contributed by atoms with E-state index in [0.29, 0.717) is 27.9 Å². The summed E-state index contributed by atoms with van der Waals surface area (Å²) in [6, 6.07) is 4.37. The van der Waals surface area contributed by atoms with Gasteiger partial charge in [-0.05, 0) is 69.7 Å². The summed E-state index contributed by atoms with van der Waals surface area (Å²) < 4.78 is 11.6. The summed E-state index contributed by atoms with van der Waals surface area (Å²) in [5.41, 5.74) is 1.04. The molecule has 0 amide bonds. The normalized spacial score (nSPS) is 32.3. The zero-order valence-electron chi connectivity index (χ0n) is 14.1. The third-order valence-corrected chi connectivity index (χ3v) is 6.93. The van der Waals surface area contributed by atoms with E-state index in [1.165, 1.54) is 38.8 Å². The van der Waals surface area contributed by atoms with Crippen molar-refractivity contribution in [2.45, 2.75) is 56.2 Å². The van der Waals surface area contributed by atoms with Gasteiger partial charge in [0.1, 0.15) is 0 Å². The van der Waals surface area contributed by atoms with Gasteiger partial charge in [-0.25, -0.2) is 0 Å². The first kappa shape index (κ1) is 14.7. The Kier molecular flexibility index (Phi) is 2.96. The quantitative estimate of drug-likeness (QED) is 0.892. The molecular weight excluding hydrogens is 338 g/mol. The fourth-order valence-corrected chi connectivity index (χ4v) is 5.18. The van der Waals surface area contributed by atoms with Crippen LogP contribution in [0, 0.1) is 5.92 Å². The maximum atomic E-state index is 6.34. The van der Waals surface area contributed by atoms with Gasteiger partial charge in [0.15, 0.2) is 11.6 Å². The Morgan fingerprint density at radius 2 is 2.00 bits per heavy atom. The van der Waals surface area contributed by atoms with E-state index in [2.05, 4.69) is 15.4 Å². The number of fused-ring (bicyclic) bond motifs is 3. The molecule has 1 aromatic heterocycles. The van der Waals surface area contributed by atoms with Crippen LogP contribution < -0.4 is 10.1 Å². The number of piperidine rings is 3. The number of nitrogens with zero attached hydrogens (tertiary/aromatic N) is 2. The van der Waals surface area contributed by atoms with Crippen molar-refractivity contribution < 1.29 is 9.26 Å². The number of rotatable bonds is 4. The first-order chi connectivity index (χ1) is 12.2. The summed E-state index contributed by atoms with van der Waals surface area (Å²) in [6.07, 6.45) is 7.65. The molecule has 1 aromatic carbocycles. The van der Waals surface area contributed by atoms with Crippen molar-refractivity contribution in [2.24, 2.45) is 5.92 Å². The minimum absolute atomic E-state index is 0.279. The lowest BCUT2D eigenvalue weighted by atomic mass is 9.77. The lowest BCUT2D eigenvalue weighted by Crippen LogP contribution is -2.62. The Morgan fingerprint density at radius 3 is 2.72 bits per heavy atom. The molecule has 0 radical (unpaired) electrons. The molecule has 2 saturated carbocycles. The Labute approximate surface area is 151 Å². The van der Waals surface area contributed by atoms with Crippen molar-refractivity contribution >= 4 is 28.4 Å². The number of ether oxygens (including phenoxy) is 1. The molecule has 0 unspecified atom stereocenters. The van der Waals surface area contributed by atoms with E-state index in [0.717, 1.165) is 30.0 Å². The van der Waals surface area contributed by atoms with Gasteiger partial charge in [0.2, 0.25) is 5.58 Å². The van der Waals surface area contributed by atoms with E-state index in [1.54, 1.807) is 0 Å². The lowest BCUT2D eigenvalue weighted by molar-refractivity contribution is 0.0202. The highest BCUT2D eigenvalue weighted by Crippen LogP contribution is 2.55. The molecule has 5 fully saturated rings. The van der Waals surface area contributed by atoms with Crippen LogP contribution in [0.1, 0.15) is 38.5 Å². The van der Waals surface area contributed by atoms with Gasteiger partial charge in [-0.2, -0.15) is 0 Å². The van der Waals surface area contributed by atoms with Gasteiger partial charge < -0.3 is 14.6 Å². The van der Waals surface area contributed by atoms with Crippen LogP contribution in [0.25, 0.3) is 11.0 Å². The summed E-state index contributed by atoms with van der Waals surface area (Å²) in [4.78, 5) is 2.70. The number of hydrogen-bond donors (Lipinski definition) is 1. The van der Waals surface area contributed by atoms with Gasteiger partial charge in [0.25, 0.3) is 0 Å². The molecule has 1 atom stereocenters. The molecule has 1 spiro atoms. The monoisotopic (exact) mass is 359 g/mol. The Balaban J connectivity index is 1.36. The number of anilines is 1. The minimum Gasteiger partial charge on any atom is -0.485 e. The minimum atomic E-state index is 0.279. The number of nitrogens with one attached hydrogen (secondary N) is 1. The summed E-state index contributed by atoms with van der Waals surface area (Å²) >= 11 is 6.34. The van der Waals surface area contributed by atoms with Gasteiger partial charge in [0, 0.05) is 11.6 Å². The molecule has 25 heavy (non-hydrogen) atoms. The number of aromatic nitrogens is 1. The SMILES string of the molecule is Clc1ccc2c(N[C@H]3C4CCN(CC4)C34CC4)noc2c1OC1CC1. The van der Waals surface area contributed by atoms with E-state index in [4.69, 9.17) is 20.9 Å². The molecule has 3 saturated heterocycles. The Bertz CT molecular complexity index is 835. The van der Waals surface area contributed by atoms with Crippen LogP contribution >= 0.6 is 11.6 Å². The standard InChI is InChI=1S/C19H22ClN3O2/c20-14-4-3-13-15(16(14)24-12-1-2-12)25-22-18(13)21-17-11-5-9-23(10-6-11)19(17)7-8-19/h3-4,11-12,17H,1-2,5-10H2,(H,21,22)/t17-/m0/s1. The number of halogens is 1. The lowest BCUT2D eigenvalue weighted by Gasteiger charge is -2.52. The highest BCUT2D eigenvalue weighted by atomic mass is 35.5. The first-order valence-corrected chi connectivity index (χ1v) is 9.88. The van der Waals surface area contributed by atoms with Crippen LogP contribution in [0.2, 0.25) is 5.02 Å². The van der Waals surface area contributed by atoms with E-state index < -0.39 is 0 Å². The predicted octanol–water partition coefficient (Wildman–Crippen LogP) is 4.06. The van der Waals surface area contributed by atoms with Crippen molar-refractivity contribution in [3.8, 4) is 5.75 Å². The van der Waals surface area contributed by atoms with Crippen molar-refractivity contribution in [1.29, 1.82) is 0 Å². The topological polar surface area (TPSA) is 50.5 Å².